The Morgan fingerprint density at radius 2 is 1.38 bits per heavy atom. The Kier molecular flexibility index (Phi) is 22.7. The van der Waals surface area contributed by atoms with Crippen LogP contribution in [-0.4, -0.2) is 8.14 Å². The van der Waals surface area contributed by atoms with E-state index in [2.05, 4.69) is 13.8 Å². The third-order valence-electron chi connectivity index (χ3n) is 0.707. The van der Waals surface area contributed by atoms with Crippen molar-refractivity contribution in [3.8, 4) is 0 Å². The maximum atomic E-state index is 4.90. The minimum absolute atomic E-state index is 0.639. The summed E-state index contributed by atoms with van der Waals surface area (Å²) in [6.07, 6.45) is 4.08. The van der Waals surface area contributed by atoms with Crippen LogP contribution in [0.4, 0.5) is 0 Å². The highest BCUT2D eigenvalue weighted by Crippen LogP contribution is 1.88. The molecule has 0 atom stereocenters. The molecule has 52 valence electrons. The van der Waals surface area contributed by atoms with E-state index in [0.29, 0.717) is 0 Å². The summed E-state index contributed by atoms with van der Waals surface area (Å²) >= 11 is 9.81. The van der Waals surface area contributed by atoms with Crippen molar-refractivity contribution in [2.24, 2.45) is 0 Å². The van der Waals surface area contributed by atoms with Crippen molar-refractivity contribution in [2.75, 3.05) is 0 Å². The minimum Gasteiger partial charge on any atom is -0.155 e. The van der Waals surface area contributed by atoms with E-state index in [4.69, 9.17) is 22.2 Å². The maximum absolute atomic E-state index is 4.90. The van der Waals surface area contributed by atoms with Crippen LogP contribution in [0.2, 0.25) is 0 Å². The lowest BCUT2D eigenvalue weighted by Crippen LogP contribution is -1.59. The number of unbranched alkanes of at least 4 members (excludes halogenated alkanes) is 2. The van der Waals surface area contributed by atoms with Crippen LogP contribution in [0.25, 0.3) is 0 Å². The van der Waals surface area contributed by atoms with Gasteiger partial charge in [0.15, 0.2) is 0 Å². The van der Waals surface area contributed by atoms with Gasteiger partial charge in [0.25, 0.3) is 0 Å². The van der Waals surface area contributed by atoms with Crippen molar-refractivity contribution in [1.29, 1.82) is 0 Å². The van der Waals surface area contributed by atoms with Crippen molar-refractivity contribution in [1.82, 2.24) is 0 Å². The molecule has 0 rings (SSSR count). The van der Waals surface area contributed by atoms with E-state index in [1.165, 1.54) is 19.3 Å². The normalized spacial score (nSPS) is 7.50. The Balaban J connectivity index is 0. The van der Waals surface area contributed by atoms with Crippen molar-refractivity contribution < 1.29 is 0 Å². The first-order valence-electron chi connectivity index (χ1n) is 2.95. The zero-order valence-electron chi connectivity index (χ0n) is 5.58. The molecule has 0 nitrogen and oxygen atoms in total. The molecule has 0 aliphatic heterocycles. The summed E-state index contributed by atoms with van der Waals surface area (Å²) in [7, 11) is -0.639. The lowest BCUT2D eigenvalue weighted by atomic mass is 10.3. The molecule has 8 heavy (non-hydrogen) atoms. The van der Waals surface area contributed by atoms with Gasteiger partial charge in [0, 0.05) is 0 Å². The van der Waals surface area contributed by atoms with Crippen LogP contribution in [0.3, 0.4) is 0 Å². The second kappa shape index (κ2) is 15.7. The van der Waals surface area contributed by atoms with Crippen molar-refractivity contribution >= 4 is 30.3 Å². The molecule has 0 N–H and O–H groups in total. The Hall–Kier alpha value is 0.797. The average Bonchev–Trinajstić information content (AvgIpc) is 1.71. The van der Waals surface area contributed by atoms with E-state index < -0.39 is 8.14 Å². The van der Waals surface area contributed by atoms with Crippen LogP contribution in [0.5, 0.6) is 0 Å². The summed E-state index contributed by atoms with van der Waals surface area (Å²) in [6, 6.07) is 0. The molecule has 0 amide bonds. The molecular weight excluding hydrogens is 159 g/mol. The number of hydrogen-bond donors (Lipinski definition) is 0. The monoisotopic (exact) mass is 172 g/mol. The molecule has 0 spiro atoms. The fraction of sp³-hybridized carbons (Fsp3) is 1.00. The maximum Gasteiger partial charge on any atom is 0.222 e. The molecule has 0 unspecified atom stereocenters. The van der Waals surface area contributed by atoms with Crippen LogP contribution in [-0.2, 0) is 0 Å². The summed E-state index contributed by atoms with van der Waals surface area (Å²) in [5.74, 6) is 0. The smallest absolute Gasteiger partial charge is 0.155 e. The quantitative estimate of drug-likeness (QED) is 0.445. The molecule has 0 aromatic rings. The Morgan fingerprint density at radius 1 is 1.12 bits per heavy atom. The molecule has 0 radical (unpaired) electrons. The second-order valence-corrected chi connectivity index (χ2v) is 4.08. The van der Waals surface area contributed by atoms with E-state index in [-0.39, 0.29) is 0 Å². The summed E-state index contributed by atoms with van der Waals surface area (Å²) in [5, 5.41) is 0. The highest BCUT2D eigenvalue weighted by atomic mass is 35.7. The van der Waals surface area contributed by atoms with Gasteiger partial charge < -0.3 is 0 Å². The molecule has 0 aromatic carbocycles. The topological polar surface area (TPSA) is 0 Å². The van der Waals surface area contributed by atoms with Crippen LogP contribution < -0.4 is 0 Å². The van der Waals surface area contributed by atoms with Gasteiger partial charge in [0.2, 0.25) is 8.14 Å². The van der Waals surface area contributed by atoms with Gasteiger partial charge in [0.1, 0.15) is 0 Å². The minimum atomic E-state index is -0.639. The standard InChI is InChI=1S/C5H12.Cl2H2Si/c1-3-5-4-2;1-3-2/h3-5H2,1-2H3;3H2. The van der Waals surface area contributed by atoms with Crippen molar-refractivity contribution in [2.45, 2.75) is 33.1 Å². The number of halogens is 2. The molecule has 0 bridgehead atoms. The van der Waals surface area contributed by atoms with Crippen LogP contribution in [0.1, 0.15) is 33.1 Å². The average molecular weight is 173 g/mol. The first-order chi connectivity index (χ1) is 3.83. The largest absolute Gasteiger partial charge is 0.222 e. The van der Waals surface area contributed by atoms with E-state index in [1.54, 1.807) is 0 Å². The molecule has 0 aliphatic carbocycles. The SMILES string of the molecule is CCCCC.Cl[SiH2]Cl. The zero-order chi connectivity index (χ0) is 6.83. The highest BCUT2D eigenvalue weighted by molar-refractivity contribution is 7.22. The summed E-state index contributed by atoms with van der Waals surface area (Å²) in [6.45, 7) is 4.42. The summed E-state index contributed by atoms with van der Waals surface area (Å²) < 4.78 is 0. The third kappa shape index (κ3) is 29.2. The van der Waals surface area contributed by atoms with E-state index in [1.807, 2.05) is 0 Å². The third-order valence-corrected chi connectivity index (χ3v) is 0.707. The molecule has 0 aliphatic rings. The van der Waals surface area contributed by atoms with E-state index in [9.17, 15) is 0 Å². The fourth-order valence-corrected chi connectivity index (χ4v) is 0.354. The first kappa shape index (κ1) is 11.6. The van der Waals surface area contributed by atoms with Gasteiger partial charge in [-0.15, -0.1) is 0 Å². The Labute approximate surface area is 63.8 Å². The lowest BCUT2D eigenvalue weighted by Gasteiger charge is -1.79. The van der Waals surface area contributed by atoms with Crippen molar-refractivity contribution in [3.63, 3.8) is 0 Å². The highest BCUT2D eigenvalue weighted by Gasteiger charge is 1.68. The van der Waals surface area contributed by atoms with Crippen molar-refractivity contribution in [3.05, 3.63) is 0 Å². The van der Waals surface area contributed by atoms with E-state index in [0.717, 1.165) is 0 Å². The molecule has 0 saturated heterocycles. The predicted octanol–water partition coefficient (Wildman–Crippen LogP) is 2.66. The van der Waals surface area contributed by atoms with Gasteiger partial charge in [0.05, 0.1) is 0 Å². The second-order valence-electron chi connectivity index (χ2n) is 1.45. The molecule has 0 fully saturated rings. The molecule has 3 heteroatoms. The van der Waals surface area contributed by atoms with Gasteiger partial charge in [-0.25, -0.2) is 0 Å². The molecule has 0 heterocycles. The Bertz CT molecular complexity index is 24.4. The molecule has 0 saturated carbocycles. The van der Waals surface area contributed by atoms with Crippen LogP contribution >= 0.6 is 22.2 Å². The van der Waals surface area contributed by atoms with Gasteiger partial charge in [-0.05, 0) is 0 Å². The molecular formula is C5H14Cl2Si. The van der Waals surface area contributed by atoms with Crippen LogP contribution in [0, 0.1) is 0 Å². The zero-order valence-corrected chi connectivity index (χ0v) is 8.51. The van der Waals surface area contributed by atoms with Gasteiger partial charge in [-0.3, -0.25) is 0 Å². The van der Waals surface area contributed by atoms with Crippen LogP contribution in [0.15, 0.2) is 0 Å². The lowest BCUT2D eigenvalue weighted by molar-refractivity contribution is 0.772. The summed E-state index contributed by atoms with van der Waals surface area (Å²) in [5.41, 5.74) is 0. The van der Waals surface area contributed by atoms with Gasteiger partial charge in [-0.2, -0.15) is 22.2 Å². The number of rotatable bonds is 2. The van der Waals surface area contributed by atoms with Gasteiger partial charge in [-0.1, -0.05) is 33.1 Å². The first-order valence-corrected chi connectivity index (χ1v) is 7.22. The Morgan fingerprint density at radius 3 is 1.38 bits per heavy atom. The summed E-state index contributed by atoms with van der Waals surface area (Å²) in [4.78, 5) is 0. The predicted molar refractivity (Wildman–Crippen MR) is 45.4 cm³/mol. The van der Waals surface area contributed by atoms with E-state index >= 15 is 0 Å². The molecule has 0 aromatic heterocycles. The number of hydrogen-bond acceptors (Lipinski definition) is 0. The van der Waals surface area contributed by atoms with Gasteiger partial charge >= 0.3 is 0 Å². The fourth-order valence-electron chi connectivity index (χ4n) is 0.354.